The fourth-order valence-corrected chi connectivity index (χ4v) is 4.08. The van der Waals surface area contributed by atoms with Crippen molar-refractivity contribution in [1.29, 1.82) is 0 Å². The minimum Gasteiger partial charge on any atom is -0.508 e. The number of fused-ring (bicyclic) bond motifs is 1. The first-order valence-electron chi connectivity index (χ1n) is 10.4. The summed E-state index contributed by atoms with van der Waals surface area (Å²) in [5, 5.41) is 40.6. The molecule has 3 heterocycles. The fourth-order valence-electron chi connectivity index (χ4n) is 4.08. The number of phenols is 2. The molecule has 0 amide bonds. The van der Waals surface area contributed by atoms with E-state index in [4.69, 9.17) is 0 Å². The van der Waals surface area contributed by atoms with Crippen LogP contribution in [-0.2, 0) is 13.5 Å². The van der Waals surface area contributed by atoms with Gasteiger partial charge in [-0.15, -0.1) is 5.10 Å². The first kappa shape index (κ1) is 20.5. The van der Waals surface area contributed by atoms with E-state index in [0.29, 0.717) is 29.1 Å². The van der Waals surface area contributed by atoms with Crippen LogP contribution < -0.4 is 0 Å². The number of hydrogen-bond donors (Lipinski definition) is 3. The molecule has 0 aliphatic rings. The molecule has 0 saturated carbocycles. The van der Waals surface area contributed by atoms with Crippen molar-refractivity contribution in [1.82, 2.24) is 29.3 Å². The van der Waals surface area contributed by atoms with Crippen molar-refractivity contribution in [2.75, 3.05) is 0 Å². The van der Waals surface area contributed by atoms with Crippen molar-refractivity contribution in [2.45, 2.75) is 19.3 Å². The summed E-state index contributed by atoms with van der Waals surface area (Å²) < 4.78 is 3.47. The monoisotopic (exact) mass is 442 g/mol. The summed E-state index contributed by atoms with van der Waals surface area (Å²) in [5.74, 6) is 0.549. The van der Waals surface area contributed by atoms with Gasteiger partial charge in [0, 0.05) is 49.0 Å². The molecule has 0 aliphatic heterocycles. The zero-order valence-corrected chi connectivity index (χ0v) is 18.1. The first-order chi connectivity index (χ1) is 15.9. The lowest BCUT2D eigenvalue weighted by Crippen LogP contribution is -2.04. The second-order valence-electron chi connectivity index (χ2n) is 8.03. The van der Waals surface area contributed by atoms with Crippen molar-refractivity contribution in [3.63, 3.8) is 0 Å². The molecule has 166 valence electrons. The van der Waals surface area contributed by atoms with Crippen LogP contribution in [-0.4, -0.2) is 44.6 Å². The summed E-state index contributed by atoms with van der Waals surface area (Å²) in [4.78, 5) is 8.50. The van der Waals surface area contributed by atoms with E-state index in [1.165, 1.54) is 10.6 Å². The second-order valence-corrected chi connectivity index (χ2v) is 8.03. The highest BCUT2D eigenvalue weighted by molar-refractivity contribution is 5.83. The first-order valence-corrected chi connectivity index (χ1v) is 10.4. The van der Waals surface area contributed by atoms with Gasteiger partial charge in [-0.05, 0) is 47.9 Å². The minimum atomic E-state index is -0.306. The molecular formula is C24H22N6O3. The Morgan fingerprint density at radius 3 is 2.52 bits per heavy atom. The molecule has 3 aromatic heterocycles. The van der Waals surface area contributed by atoms with Crippen LogP contribution >= 0.6 is 0 Å². The van der Waals surface area contributed by atoms with Crippen LogP contribution in [0.15, 0.2) is 61.1 Å². The molecule has 0 saturated heterocycles. The molecule has 1 unspecified atom stereocenters. The van der Waals surface area contributed by atoms with E-state index in [-0.39, 0.29) is 29.3 Å². The number of hydrogen-bond acceptors (Lipinski definition) is 7. The van der Waals surface area contributed by atoms with Crippen LogP contribution in [0.4, 0.5) is 0 Å². The minimum absolute atomic E-state index is 0.0410. The van der Waals surface area contributed by atoms with Crippen LogP contribution in [0.3, 0.4) is 0 Å². The van der Waals surface area contributed by atoms with Gasteiger partial charge in [0.15, 0.2) is 5.82 Å². The number of phenolic OH excluding ortho intramolecular Hbond substituents is 2. The number of benzene rings is 2. The lowest BCUT2D eigenvalue weighted by molar-refractivity contribution is 0.420. The third kappa shape index (κ3) is 3.63. The molecule has 5 aromatic rings. The standard InChI is InChI=1S/C24H22N6O3/c1-14(10-22-25-7-3-8-26-22)17-12-18(21(32)13-20(17)31)23-27-28-24(33)30(23)16-4-5-19-15(11-16)6-9-29(19)2/h3-9,11-14,31-32H,10H2,1-2H3,(H,28,33). The molecule has 0 radical (unpaired) electrons. The molecular weight excluding hydrogens is 420 g/mol. The van der Waals surface area contributed by atoms with E-state index < -0.39 is 0 Å². The summed E-state index contributed by atoms with van der Waals surface area (Å²) >= 11 is 0. The number of nitrogens with zero attached hydrogens (tertiary/aromatic N) is 6. The smallest absolute Gasteiger partial charge is 0.319 e. The van der Waals surface area contributed by atoms with E-state index in [1.807, 2.05) is 49.0 Å². The van der Waals surface area contributed by atoms with Crippen molar-refractivity contribution in [2.24, 2.45) is 7.05 Å². The summed E-state index contributed by atoms with van der Waals surface area (Å²) in [6.07, 6.45) is 5.80. The zero-order chi connectivity index (χ0) is 23.1. The summed E-state index contributed by atoms with van der Waals surface area (Å²) in [7, 11) is 1.96. The maximum absolute atomic E-state index is 10.6. The average Bonchev–Trinajstić information content (AvgIpc) is 3.36. The lowest BCUT2D eigenvalue weighted by atomic mass is 9.94. The van der Waals surface area contributed by atoms with E-state index in [0.717, 1.165) is 10.9 Å². The Morgan fingerprint density at radius 2 is 1.73 bits per heavy atom. The van der Waals surface area contributed by atoms with Crippen molar-refractivity contribution in [3.8, 4) is 34.6 Å². The van der Waals surface area contributed by atoms with Crippen molar-refractivity contribution < 1.29 is 15.3 Å². The van der Waals surface area contributed by atoms with Gasteiger partial charge in [-0.3, -0.25) is 0 Å². The summed E-state index contributed by atoms with van der Waals surface area (Å²) in [5.41, 5.74) is 2.62. The van der Waals surface area contributed by atoms with Gasteiger partial charge < -0.3 is 19.9 Å². The molecule has 0 fully saturated rings. The lowest BCUT2D eigenvalue weighted by Gasteiger charge is -2.16. The normalized spacial score (nSPS) is 12.3. The topological polar surface area (TPSA) is 122 Å². The third-order valence-electron chi connectivity index (χ3n) is 5.80. The van der Waals surface area contributed by atoms with Gasteiger partial charge in [-0.25, -0.2) is 14.5 Å². The molecule has 9 heteroatoms. The van der Waals surface area contributed by atoms with Crippen molar-refractivity contribution >= 4 is 10.9 Å². The molecule has 0 bridgehead atoms. The van der Waals surface area contributed by atoms with Crippen LogP contribution in [0.1, 0.15) is 24.2 Å². The van der Waals surface area contributed by atoms with Crippen molar-refractivity contribution in [3.05, 3.63) is 72.4 Å². The molecule has 0 aliphatic carbocycles. The Bertz CT molecular complexity index is 1460. The number of aryl methyl sites for hydroxylation is 1. The van der Waals surface area contributed by atoms with E-state index >= 15 is 0 Å². The Morgan fingerprint density at radius 1 is 0.939 bits per heavy atom. The Kier molecular flexibility index (Phi) is 4.93. The average molecular weight is 442 g/mol. The quantitative estimate of drug-likeness (QED) is 0.379. The summed E-state index contributed by atoms with van der Waals surface area (Å²) in [6, 6.07) is 12.1. The summed E-state index contributed by atoms with van der Waals surface area (Å²) in [6.45, 7) is 1.94. The molecule has 9 nitrogen and oxygen atoms in total. The maximum Gasteiger partial charge on any atom is 0.319 e. The van der Waals surface area contributed by atoms with Crippen LogP contribution in [0.25, 0.3) is 28.0 Å². The van der Waals surface area contributed by atoms with Gasteiger partial charge in [0.05, 0.1) is 11.3 Å². The van der Waals surface area contributed by atoms with Gasteiger partial charge in [-0.2, -0.15) is 0 Å². The Balaban J connectivity index is 1.59. The van der Waals surface area contributed by atoms with Crippen LogP contribution in [0.2, 0.25) is 0 Å². The van der Waals surface area contributed by atoms with E-state index in [2.05, 4.69) is 20.2 Å². The fraction of sp³-hybridized carbons (Fsp3) is 0.167. The molecule has 33 heavy (non-hydrogen) atoms. The molecule has 2 aromatic carbocycles. The van der Waals surface area contributed by atoms with Gasteiger partial charge in [0.2, 0.25) is 0 Å². The molecule has 5 rings (SSSR count). The van der Waals surface area contributed by atoms with Crippen LogP contribution in [0.5, 0.6) is 17.5 Å². The van der Waals surface area contributed by atoms with E-state index in [9.17, 15) is 15.3 Å². The SMILES string of the molecule is CC(Cc1ncccn1)c1cc(-c2nnc(O)n2-c2ccc3c(ccn3C)c2)c(O)cc1O. The third-order valence-corrected chi connectivity index (χ3v) is 5.80. The van der Waals surface area contributed by atoms with Gasteiger partial charge >= 0.3 is 6.01 Å². The Hall–Kier alpha value is -4.40. The number of aromatic nitrogens is 6. The highest BCUT2D eigenvalue weighted by Crippen LogP contribution is 2.39. The van der Waals surface area contributed by atoms with Crippen LogP contribution in [0, 0.1) is 0 Å². The van der Waals surface area contributed by atoms with Gasteiger partial charge in [0.25, 0.3) is 0 Å². The van der Waals surface area contributed by atoms with Gasteiger partial charge in [0.1, 0.15) is 17.3 Å². The predicted molar refractivity (Wildman–Crippen MR) is 122 cm³/mol. The van der Waals surface area contributed by atoms with Gasteiger partial charge in [-0.1, -0.05) is 12.0 Å². The number of aromatic hydroxyl groups is 3. The second kappa shape index (κ2) is 7.94. The Labute approximate surface area is 189 Å². The molecule has 1 atom stereocenters. The zero-order valence-electron chi connectivity index (χ0n) is 18.1. The number of rotatable bonds is 5. The van der Waals surface area contributed by atoms with E-state index in [1.54, 1.807) is 24.5 Å². The maximum atomic E-state index is 10.6. The molecule has 3 N–H and O–H groups in total. The largest absolute Gasteiger partial charge is 0.508 e. The molecule has 0 spiro atoms. The highest BCUT2D eigenvalue weighted by atomic mass is 16.3. The highest BCUT2D eigenvalue weighted by Gasteiger charge is 2.22. The predicted octanol–water partition coefficient (Wildman–Crippen LogP) is 3.68.